The minimum atomic E-state index is -0.0451. The molecular formula is C34H33N3. The number of hydrogen-bond donors (Lipinski definition) is 0. The van der Waals surface area contributed by atoms with Gasteiger partial charge in [0.05, 0.1) is 5.69 Å². The summed E-state index contributed by atoms with van der Waals surface area (Å²) < 4.78 is 2.07. The van der Waals surface area contributed by atoms with E-state index < -0.39 is 0 Å². The molecule has 0 fully saturated rings. The second-order valence-electron chi connectivity index (χ2n) is 10.3. The maximum atomic E-state index is 5.26. The van der Waals surface area contributed by atoms with E-state index in [4.69, 9.17) is 10.1 Å². The molecule has 0 radical (unpaired) electrons. The smallest absolute Gasteiger partial charge is 0.182 e. The first kappa shape index (κ1) is 23.4. The molecule has 0 spiro atoms. The standard InChI is InChI=1S/C34H33N3/c1-6-34(7-2)29-19-12-11-16-26(29)27-17-13-18-28(30(27)34)32-35-33(25-14-9-8-10-15-25)37(36-32)31-23(4)20-22(3)21-24(31)5/h8-21H,6-7H2,1-5H3. The van der Waals surface area contributed by atoms with Gasteiger partial charge in [0.1, 0.15) is 0 Å². The van der Waals surface area contributed by atoms with Crippen molar-refractivity contribution in [3.05, 3.63) is 113 Å². The van der Waals surface area contributed by atoms with Crippen molar-refractivity contribution >= 4 is 0 Å². The summed E-state index contributed by atoms with van der Waals surface area (Å²) in [5.41, 5.74) is 12.4. The monoisotopic (exact) mass is 483 g/mol. The average Bonchev–Trinajstić information content (AvgIpc) is 3.47. The number of fused-ring (bicyclic) bond motifs is 3. The van der Waals surface area contributed by atoms with Crippen molar-refractivity contribution in [3.8, 4) is 39.6 Å². The van der Waals surface area contributed by atoms with Crippen molar-refractivity contribution in [1.29, 1.82) is 0 Å². The zero-order valence-corrected chi connectivity index (χ0v) is 22.3. The highest BCUT2D eigenvalue weighted by Crippen LogP contribution is 2.55. The van der Waals surface area contributed by atoms with Crippen molar-refractivity contribution in [1.82, 2.24) is 14.8 Å². The van der Waals surface area contributed by atoms with Gasteiger partial charge in [-0.3, -0.25) is 0 Å². The molecule has 3 heteroatoms. The predicted octanol–water partition coefficient (Wildman–Crippen LogP) is 8.61. The topological polar surface area (TPSA) is 30.7 Å². The van der Waals surface area contributed by atoms with Crippen LogP contribution in [0.3, 0.4) is 0 Å². The van der Waals surface area contributed by atoms with Crippen LogP contribution in [0.15, 0.2) is 84.9 Å². The molecule has 4 aromatic carbocycles. The second-order valence-corrected chi connectivity index (χ2v) is 10.3. The Labute approximate surface area is 219 Å². The van der Waals surface area contributed by atoms with Crippen LogP contribution < -0.4 is 0 Å². The molecule has 1 heterocycles. The molecule has 3 nitrogen and oxygen atoms in total. The van der Waals surface area contributed by atoms with Gasteiger partial charge in [-0.15, -0.1) is 5.10 Å². The van der Waals surface area contributed by atoms with E-state index in [1.165, 1.54) is 38.9 Å². The zero-order chi connectivity index (χ0) is 25.7. The molecule has 0 unspecified atom stereocenters. The fourth-order valence-corrected chi connectivity index (χ4v) is 6.60. The number of benzene rings is 4. The van der Waals surface area contributed by atoms with Gasteiger partial charge in [-0.25, -0.2) is 9.67 Å². The Kier molecular flexibility index (Phi) is 5.60. The number of aromatic nitrogens is 3. The number of aryl methyl sites for hydroxylation is 3. The Morgan fingerprint density at radius 3 is 2.03 bits per heavy atom. The van der Waals surface area contributed by atoms with Crippen LogP contribution in [0.2, 0.25) is 0 Å². The van der Waals surface area contributed by atoms with Gasteiger partial charge in [0.15, 0.2) is 11.6 Å². The fourth-order valence-electron chi connectivity index (χ4n) is 6.60. The van der Waals surface area contributed by atoms with Crippen LogP contribution in [0.1, 0.15) is 54.5 Å². The van der Waals surface area contributed by atoms with Gasteiger partial charge >= 0.3 is 0 Å². The van der Waals surface area contributed by atoms with Crippen molar-refractivity contribution in [3.63, 3.8) is 0 Å². The second kappa shape index (κ2) is 8.85. The summed E-state index contributed by atoms with van der Waals surface area (Å²) in [6.45, 7) is 11.1. The summed E-state index contributed by atoms with van der Waals surface area (Å²) in [7, 11) is 0. The van der Waals surface area contributed by atoms with Crippen LogP contribution in [0, 0.1) is 20.8 Å². The molecule has 37 heavy (non-hydrogen) atoms. The SMILES string of the molecule is CCC1(CC)c2ccccc2-c2cccc(-c3nc(-c4ccccc4)n(-c4c(C)cc(C)cc4C)n3)c21. The third-order valence-corrected chi connectivity index (χ3v) is 8.21. The Balaban J connectivity index is 1.65. The van der Waals surface area contributed by atoms with E-state index in [-0.39, 0.29) is 5.41 Å². The first-order valence-electron chi connectivity index (χ1n) is 13.3. The molecule has 0 saturated heterocycles. The summed E-state index contributed by atoms with van der Waals surface area (Å²) in [5, 5.41) is 5.26. The Morgan fingerprint density at radius 1 is 0.703 bits per heavy atom. The summed E-state index contributed by atoms with van der Waals surface area (Å²) in [5.74, 6) is 1.66. The highest BCUT2D eigenvalue weighted by Gasteiger charge is 2.42. The first-order valence-corrected chi connectivity index (χ1v) is 13.3. The van der Waals surface area contributed by atoms with Gasteiger partial charge in [-0.05, 0) is 67.0 Å². The normalized spacial score (nSPS) is 13.4. The molecular weight excluding hydrogens is 450 g/mol. The Hall–Kier alpha value is -3.98. The van der Waals surface area contributed by atoms with Gasteiger partial charge in [-0.1, -0.05) is 104 Å². The van der Waals surface area contributed by atoms with E-state index >= 15 is 0 Å². The molecule has 1 aliphatic rings. The van der Waals surface area contributed by atoms with Crippen LogP contribution in [0.25, 0.3) is 39.6 Å². The maximum absolute atomic E-state index is 5.26. The molecule has 6 rings (SSSR count). The molecule has 184 valence electrons. The van der Waals surface area contributed by atoms with E-state index in [0.29, 0.717) is 0 Å². The van der Waals surface area contributed by atoms with E-state index in [0.717, 1.165) is 41.3 Å². The lowest BCUT2D eigenvalue weighted by molar-refractivity contribution is 0.491. The van der Waals surface area contributed by atoms with E-state index in [2.05, 4.69) is 118 Å². The third-order valence-electron chi connectivity index (χ3n) is 8.21. The van der Waals surface area contributed by atoms with Gasteiger partial charge in [0, 0.05) is 16.5 Å². The molecule has 0 N–H and O–H groups in total. The predicted molar refractivity (Wildman–Crippen MR) is 153 cm³/mol. The van der Waals surface area contributed by atoms with Crippen LogP contribution >= 0.6 is 0 Å². The van der Waals surface area contributed by atoms with Crippen molar-refractivity contribution in [2.45, 2.75) is 52.9 Å². The van der Waals surface area contributed by atoms with E-state index in [1.807, 2.05) is 6.07 Å². The van der Waals surface area contributed by atoms with Gasteiger partial charge in [0.25, 0.3) is 0 Å². The molecule has 0 saturated carbocycles. The lowest BCUT2D eigenvalue weighted by atomic mass is 9.72. The van der Waals surface area contributed by atoms with Crippen LogP contribution in [0.4, 0.5) is 0 Å². The number of nitrogens with zero attached hydrogens (tertiary/aromatic N) is 3. The van der Waals surface area contributed by atoms with Gasteiger partial charge in [0.2, 0.25) is 0 Å². The minimum Gasteiger partial charge on any atom is -0.212 e. The van der Waals surface area contributed by atoms with Crippen molar-refractivity contribution < 1.29 is 0 Å². The molecule has 1 aliphatic carbocycles. The highest BCUT2D eigenvalue weighted by atomic mass is 15.4. The van der Waals surface area contributed by atoms with Gasteiger partial charge in [-0.2, -0.15) is 0 Å². The Morgan fingerprint density at radius 2 is 1.32 bits per heavy atom. The van der Waals surface area contributed by atoms with E-state index in [9.17, 15) is 0 Å². The fraction of sp³-hybridized carbons (Fsp3) is 0.235. The first-order chi connectivity index (χ1) is 18.0. The lowest BCUT2D eigenvalue weighted by Crippen LogP contribution is -2.24. The summed E-state index contributed by atoms with van der Waals surface area (Å²) in [4.78, 5) is 5.26. The highest BCUT2D eigenvalue weighted by molar-refractivity contribution is 5.87. The van der Waals surface area contributed by atoms with Crippen LogP contribution in [-0.4, -0.2) is 14.8 Å². The molecule has 5 aromatic rings. The zero-order valence-electron chi connectivity index (χ0n) is 22.3. The molecule has 0 atom stereocenters. The van der Waals surface area contributed by atoms with E-state index in [1.54, 1.807) is 0 Å². The minimum absolute atomic E-state index is 0.0451. The molecule has 0 amide bonds. The quantitative estimate of drug-likeness (QED) is 0.250. The summed E-state index contributed by atoms with van der Waals surface area (Å²) in [6, 6.07) is 30.5. The molecule has 0 bridgehead atoms. The third kappa shape index (κ3) is 3.48. The lowest BCUT2D eigenvalue weighted by Gasteiger charge is -2.31. The Bertz CT molecular complexity index is 1600. The van der Waals surface area contributed by atoms with Crippen molar-refractivity contribution in [2.75, 3.05) is 0 Å². The summed E-state index contributed by atoms with van der Waals surface area (Å²) >= 11 is 0. The molecule has 0 aliphatic heterocycles. The summed E-state index contributed by atoms with van der Waals surface area (Å²) in [6.07, 6.45) is 2.07. The maximum Gasteiger partial charge on any atom is 0.182 e. The van der Waals surface area contributed by atoms with Crippen molar-refractivity contribution in [2.24, 2.45) is 0 Å². The number of rotatable bonds is 5. The largest absolute Gasteiger partial charge is 0.212 e. The van der Waals surface area contributed by atoms with Gasteiger partial charge < -0.3 is 0 Å². The van der Waals surface area contributed by atoms with Crippen LogP contribution in [-0.2, 0) is 5.41 Å². The average molecular weight is 484 g/mol. The molecule has 1 aromatic heterocycles. The number of hydrogen-bond acceptors (Lipinski definition) is 2. The van der Waals surface area contributed by atoms with Crippen LogP contribution in [0.5, 0.6) is 0 Å².